The van der Waals surface area contributed by atoms with Gasteiger partial charge >= 0.3 is 0 Å². The van der Waals surface area contributed by atoms with Crippen molar-refractivity contribution in [3.63, 3.8) is 0 Å². The van der Waals surface area contributed by atoms with Gasteiger partial charge in [-0.25, -0.2) is 0 Å². The van der Waals surface area contributed by atoms with Crippen LogP contribution in [0.15, 0.2) is 66.7 Å². The minimum Gasteiger partial charge on any atom is -0.497 e. The highest BCUT2D eigenvalue weighted by Crippen LogP contribution is 2.33. The Morgan fingerprint density at radius 3 is 2.31 bits per heavy atom. The third-order valence-electron chi connectivity index (χ3n) is 4.90. The van der Waals surface area contributed by atoms with Gasteiger partial charge in [0.2, 0.25) is 0 Å². The van der Waals surface area contributed by atoms with Crippen molar-refractivity contribution in [2.24, 2.45) is 0 Å². The topological polar surface area (TPSA) is 36.3 Å². The molecular weight excluding hydrogens is 320 g/mol. The molecule has 26 heavy (non-hydrogen) atoms. The van der Waals surface area contributed by atoms with Crippen LogP contribution >= 0.6 is 0 Å². The van der Waals surface area contributed by atoms with Crippen molar-refractivity contribution in [2.75, 3.05) is 7.11 Å². The van der Waals surface area contributed by atoms with E-state index in [-0.39, 0.29) is 0 Å². The van der Waals surface area contributed by atoms with Crippen molar-refractivity contribution < 1.29 is 4.74 Å². The summed E-state index contributed by atoms with van der Waals surface area (Å²) in [7, 11) is 1.66. The summed E-state index contributed by atoms with van der Waals surface area (Å²) in [5.41, 5.74) is 6.66. The molecule has 0 saturated carbocycles. The minimum absolute atomic E-state index is 0.732. The lowest BCUT2D eigenvalue weighted by atomic mass is 9.95. The molecule has 1 aliphatic heterocycles. The summed E-state index contributed by atoms with van der Waals surface area (Å²) < 4.78 is 5.23. The van der Waals surface area contributed by atoms with Gasteiger partial charge in [0, 0.05) is 19.6 Å². The predicted octanol–water partition coefficient (Wildman–Crippen LogP) is 4.75. The largest absolute Gasteiger partial charge is 0.497 e. The van der Waals surface area contributed by atoms with Crippen LogP contribution in [0.25, 0.3) is 11.1 Å². The summed E-state index contributed by atoms with van der Waals surface area (Å²) in [6.07, 6.45) is 0. The second-order valence-electron chi connectivity index (χ2n) is 6.64. The van der Waals surface area contributed by atoms with Gasteiger partial charge in [0.05, 0.1) is 18.7 Å². The van der Waals surface area contributed by atoms with Gasteiger partial charge in [0.15, 0.2) is 0 Å². The molecule has 128 valence electrons. The number of nitriles is 1. The molecule has 0 saturated heterocycles. The molecule has 0 aromatic heterocycles. The first-order chi connectivity index (χ1) is 12.8. The number of hydrogen-bond donors (Lipinski definition) is 0. The minimum atomic E-state index is 0.732. The molecule has 3 heteroatoms. The molecule has 0 fully saturated rings. The van der Waals surface area contributed by atoms with E-state index in [9.17, 15) is 5.26 Å². The fourth-order valence-corrected chi connectivity index (χ4v) is 3.58. The van der Waals surface area contributed by atoms with Crippen LogP contribution in [-0.4, -0.2) is 12.0 Å². The fraction of sp³-hybridized carbons (Fsp3) is 0.174. The van der Waals surface area contributed by atoms with E-state index in [1.165, 1.54) is 16.7 Å². The normalized spacial score (nSPS) is 13.2. The van der Waals surface area contributed by atoms with Gasteiger partial charge in [-0.1, -0.05) is 42.5 Å². The highest BCUT2D eigenvalue weighted by molar-refractivity contribution is 5.72. The van der Waals surface area contributed by atoms with Crippen LogP contribution in [0.2, 0.25) is 0 Å². The molecule has 3 aromatic rings. The molecule has 0 amide bonds. The second-order valence-corrected chi connectivity index (χ2v) is 6.64. The zero-order chi connectivity index (χ0) is 17.9. The Morgan fingerprint density at radius 2 is 1.65 bits per heavy atom. The Kier molecular flexibility index (Phi) is 4.43. The molecule has 1 heterocycles. The summed E-state index contributed by atoms with van der Waals surface area (Å²) in [6, 6.07) is 25.0. The third-order valence-corrected chi connectivity index (χ3v) is 4.90. The zero-order valence-electron chi connectivity index (χ0n) is 14.8. The predicted molar refractivity (Wildman–Crippen MR) is 103 cm³/mol. The van der Waals surface area contributed by atoms with E-state index in [1.54, 1.807) is 7.11 Å². The molecule has 0 unspecified atom stereocenters. The van der Waals surface area contributed by atoms with E-state index in [0.717, 1.165) is 42.1 Å². The molecule has 4 rings (SSSR count). The molecule has 0 bridgehead atoms. The fourth-order valence-electron chi connectivity index (χ4n) is 3.58. The Hall–Kier alpha value is -3.09. The summed E-state index contributed by atoms with van der Waals surface area (Å²) in [4.78, 5) is 2.42. The lowest BCUT2D eigenvalue weighted by Crippen LogP contribution is -2.15. The summed E-state index contributed by atoms with van der Waals surface area (Å²) in [5.74, 6) is 0.822. The van der Waals surface area contributed by atoms with Gasteiger partial charge < -0.3 is 4.74 Å². The maximum Gasteiger partial charge on any atom is 0.118 e. The first-order valence-electron chi connectivity index (χ1n) is 8.73. The average Bonchev–Trinajstić information content (AvgIpc) is 3.09. The lowest BCUT2D eigenvalue weighted by molar-refractivity contribution is 0.275. The number of fused-ring (bicyclic) bond motifs is 1. The van der Waals surface area contributed by atoms with Crippen LogP contribution in [0.3, 0.4) is 0 Å². The Labute approximate surface area is 154 Å². The van der Waals surface area contributed by atoms with E-state index in [1.807, 2.05) is 30.3 Å². The van der Waals surface area contributed by atoms with Gasteiger partial charge in [-0.05, 0) is 52.1 Å². The standard InChI is InChI=1S/C23H20N2O/c1-26-22-9-7-18(8-10-22)23-12-21-16-25(14-17-5-3-2-4-6-17)15-20(21)11-19(23)13-24/h2-12H,14-16H2,1H3. The van der Waals surface area contributed by atoms with Crippen molar-refractivity contribution >= 4 is 0 Å². The van der Waals surface area contributed by atoms with E-state index in [2.05, 4.69) is 47.4 Å². The number of benzene rings is 3. The molecule has 0 aliphatic carbocycles. The third kappa shape index (κ3) is 3.20. The molecule has 0 N–H and O–H groups in total. The number of ether oxygens (including phenoxy) is 1. The van der Waals surface area contributed by atoms with Crippen molar-refractivity contribution in [3.8, 4) is 22.9 Å². The van der Waals surface area contributed by atoms with Gasteiger partial charge in [0.1, 0.15) is 5.75 Å². The van der Waals surface area contributed by atoms with Crippen LogP contribution in [0, 0.1) is 11.3 Å². The monoisotopic (exact) mass is 340 g/mol. The maximum atomic E-state index is 9.62. The van der Waals surface area contributed by atoms with E-state index < -0.39 is 0 Å². The molecule has 1 aliphatic rings. The van der Waals surface area contributed by atoms with Gasteiger partial charge in [0.25, 0.3) is 0 Å². The number of methoxy groups -OCH3 is 1. The number of nitrogens with zero attached hydrogens (tertiary/aromatic N) is 2. The van der Waals surface area contributed by atoms with Crippen molar-refractivity contribution in [1.29, 1.82) is 5.26 Å². The Morgan fingerprint density at radius 1 is 0.962 bits per heavy atom. The highest BCUT2D eigenvalue weighted by Gasteiger charge is 2.21. The van der Waals surface area contributed by atoms with Crippen LogP contribution in [0.5, 0.6) is 5.75 Å². The molecule has 0 spiro atoms. The Balaban J connectivity index is 1.62. The summed E-state index contributed by atoms with van der Waals surface area (Å²) in [6.45, 7) is 2.73. The van der Waals surface area contributed by atoms with Gasteiger partial charge in [-0.15, -0.1) is 0 Å². The molecule has 0 atom stereocenters. The first-order valence-corrected chi connectivity index (χ1v) is 8.73. The van der Waals surface area contributed by atoms with Crippen LogP contribution < -0.4 is 4.74 Å². The molecule has 0 radical (unpaired) electrons. The van der Waals surface area contributed by atoms with Crippen LogP contribution in [0.4, 0.5) is 0 Å². The van der Waals surface area contributed by atoms with Crippen molar-refractivity contribution in [2.45, 2.75) is 19.6 Å². The molecule has 3 aromatic carbocycles. The smallest absolute Gasteiger partial charge is 0.118 e. The highest BCUT2D eigenvalue weighted by atomic mass is 16.5. The quantitative estimate of drug-likeness (QED) is 0.688. The van der Waals surface area contributed by atoms with Crippen molar-refractivity contribution in [3.05, 3.63) is 89.0 Å². The van der Waals surface area contributed by atoms with Gasteiger partial charge in [-0.3, -0.25) is 4.90 Å². The average molecular weight is 340 g/mol. The summed E-state index contributed by atoms with van der Waals surface area (Å²) >= 11 is 0. The van der Waals surface area contributed by atoms with Crippen LogP contribution in [-0.2, 0) is 19.6 Å². The maximum absolute atomic E-state index is 9.62. The Bertz CT molecular complexity index is 956. The SMILES string of the molecule is COc1ccc(-c2cc3c(cc2C#N)CN(Cc2ccccc2)C3)cc1. The first kappa shape index (κ1) is 16.4. The van der Waals surface area contributed by atoms with Crippen LogP contribution in [0.1, 0.15) is 22.3 Å². The zero-order valence-corrected chi connectivity index (χ0v) is 14.8. The van der Waals surface area contributed by atoms with E-state index in [0.29, 0.717) is 0 Å². The second kappa shape index (κ2) is 7.03. The van der Waals surface area contributed by atoms with Gasteiger partial charge in [-0.2, -0.15) is 5.26 Å². The number of hydrogen-bond acceptors (Lipinski definition) is 3. The summed E-state index contributed by atoms with van der Waals surface area (Å²) in [5, 5.41) is 9.62. The van der Waals surface area contributed by atoms with E-state index >= 15 is 0 Å². The van der Waals surface area contributed by atoms with E-state index in [4.69, 9.17) is 4.74 Å². The lowest BCUT2D eigenvalue weighted by Gasteiger charge is -2.14. The molecular formula is C23H20N2O. The van der Waals surface area contributed by atoms with Crippen molar-refractivity contribution in [1.82, 2.24) is 4.90 Å². The molecule has 3 nitrogen and oxygen atoms in total. The number of rotatable bonds is 4.